The van der Waals surface area contributed by atoms with E-state index in [4.69, 9.17) is 11.6 Å². The number of carbonyl (C=O) groups is 2. The van der Waals surface area contributed by atoms with Crippen LogP contribution in [0.25, 0.3) is 0 Å². The number of nitrogens with zero attached hydrogens (tertiary/aromatic N) is 2. The number of anilines is 1. The molecule has 1 fully saturated rings. The number of hydrogen-bond acceptors (Lipinski definition) is 3. The van der Waals surface area contributed by atoms with Gasteiger partial charge in [-0.1, -0.05) is 17.7 Å². The molecule has 0 aromatic heterocycles. The van der Waals surface area contributed by atoms with Crippen molar-refractivity contribution in [2.45, 2.75) is 19.8 Å². The average Bonchev–Trinajstić information content (AvgIpc) is 2.88. The second-order valence-corrected chi connectivity index (χ2v) is 6.69. The van der Waals surface area contributed by atoms with Crippen molar-refractivity contribution in [3.63, 3.8) is 0 Å². The van der Waals surface area contributed by atoms with E-state index >= 15 is 0 Å². The van der Waals surface area contributed by atoms with Gasteiger partial charge in [-0.3, -0.25) is 9.59 Å². The van der Waals surface area contributed by atoms with Crippen LogP contribution < -0.4 is 10.2 Å². The lowest BCUT2D eigenvalue weighted by Gasteiger charge is -2.17. The molecule has 1 aliphatic rings. The normalized spacial score (nSPS) is 17.9. The molecule has 1 saturated heterocycles. The lowest BCUT2D eigenvalue weighted by Crippen LogP contribution is -2.34. The Labute approximate surface area is 142 Å². The lowest BCUT2D eigenvalue weighted by molar-refractivity contribution is -0.126. The van der Waals surface area contributed by atoms with Crippen LogP contribution in [0.3, 0.4) is 0 Å². The molecule has 2 amide bonds. The summed E-state index contributed by atoms with van der Waals surface area (Å²) in [7, 11) is 4.00. The highest BCUT2D eigenvalue weighted by atomic mass is 35.5. The first-order chi connectivity index (χ1) is 10.9. The molecule has 23 heavy (non-hydrogen) atoms. The zero-order valence-electron chi connectivity index (χ0n) is 13.9. The second kappa shape index (κ2) is 7.79. The Hall–Kier alpha value is -1.59. The number of benzene rings is 1. The summed E-state index contributed by atoms with van der Waals surface area (Å²) in [4.78, 5) is 28.1. The molecule has 1 aromatic carbocycles. The summed E-state index contributed by atoms with van der Waals surface area (Å²) in [5, 5.41) is 3.55. The fourth-order valence-corrected chi connectivity index (χ4v) is 2.81. The zero-order chi connectivity index (χ0) is 17.0. The van der Waals surface area contributed by atoms with Crippen molar-refractivity contribution < 1.29 is 9.59 Å². The molecule has 0 spiro atoms. The quantitative estimate of drug-likeness (QED) is 0.808. The molecule has 0 unspecified atom stereocenters. The summed E-state index contributed by atoms with van der Waals surface area (Å²) < 4.78 is 0. The molecule has 0 bridgehead atoms. The topological polar surface area (TPSA) is 52.7 Å². The number of amides is 2. The molecule has 0 aliphatic carbocycles. The number of carbonyl (C=O) groups excluding carboxylic acids is 2. The van der Waals surface area contributed by atoms with Crippen LogP contribution in [0.2, 0.25) is 5.02 Å². The summed E-state index contributed by atoms with van der Waals surface area (Å²) in [5.41, 5.74) is 1.73. The van der Waals surface area contributed by atoms with Gasteiger partial charge in [0.15, 0.2) is 0 Å². The van der Waals surface area contributed by atoms with Gasteiger partial charge in [0.1, 0.15) is 0 Å². The molecule has 1 N–H and O–H groups in total. The van der Waals surface area contributed by atoms with E-state index in [1.54, 1.807) is 11.0 Å². The minimum atomic E-state index is -0.290. The summed E-state index contributed by atoms with van der Waals surface area (Å²) in [6, 6.07) is 5.54. The molecule has 126 valence electrons. The SMILES string of the molecule is Cc1ccc(N2C[C@H](C(=O)NCCCN(C)C)CC2=O)cc1Cl. The van der Waals surface area contributed by atoms with Crippen LogP contribution in [0.5, 0.6) is 0 Å². The van der Waals surface area contributed by atoms with E-state index in [2.05, 4.69) is 10.2 Å². The van der Waals surface area contributed by atoms with Crippen molar-refractivity contribution >= 4 is 29.1 Å². The first-order valence-electron chi connectivity index (χ1n) is 7.87. The van der Waals surface area contributed by atoms with Crippen molar-refractivity contribution in [3.05, 3.63) is 28.8 Å². The van der Waals surface area contributed by atoms with Gasteiger partial charge < -0.3 is 15.1 Å². The van der Waals surface area contributed by atoms with Crippen molar-refractivity contribution in [3.8, 4) is 0 Å². The second-order valence-electron chi connectivity index (χ2n) is 6.29. The molecule has 6 heteroatoms. The largest absolute Gasteiger partial charge is 0.356 e. The molecule has 0 radical (unpaired) electrons. The number of nitrogens with one attached hydrogen (secondary N) is 1. The van der Waals surface area contributed by atoms with Gasteiger partial charge in [-0.05, 0) is 51.7 Å². The predicted octanol–water partition coefficient (Wildman–Crippen LogP) is 2.07. The number of aryl methyl sites for hydroxylation is 1. The first-order valence-corrected chi connectivity index (χ1v) is 8.25. The van der Waals surface area contributed by atoms with E-state index in [1.165, 1.54) is 0 Å². The Morgan fingerprint density at radius 3 is 2.83 bits per heavy atom. The zero-order valence-corrected chi connectivity index (χ0v) is 14.7. The maximum atomic E-state index is 12.2. The third-order valence-corrected chi connectivity index (χ3v) is 4.45. The maximum Gasteiger partial charge on any atom is 0.227 e. The predicted molar refractivity (Wildman–Crippen MR) is 92.8 cm³/mol. The van der Waals surface area contributed by atoms with Crippen LogP contribution in [0, 0.1) is 12.8 Å². The summed E-state index contributed by atoms with van der Waals surface area (Å²) in [6.07, 6.45) is 1.15. The van der Waals surface area contributed by atoms with Crippen LogP contribution in [0.15, 0.2) is 18.2 Å². The number of halogens is 1. The van der Waals surface area contributed by atoms with Crippen molar-refractivity contribution in [2.24, 2.45) is 5.92 Å². The Balaban J connectivity index is 1.91. The van der Waals surface area contributed by atoms with Crippen LogP contribution in [-0.4, -0.2) is 50.4 Å². The molecule has 1 aliphatic heterocycles. The van der Waals surface area contributed by atoms with Gasteiger partial charge in [0.25, 0.3) is 0 Å². The Kier molecular flexibility index (Phi) is 6.02. The third kappa shape index (κ3) is 4.69. The fraction of sp³-hybridized carbons (Fsp3) is 0.529. The van der Waals surface area contributed by atoms with Crippen LogP contribution in [0.4, 0.5) is 5.69 Å². The van der Waals surface area contributed by atoms with Crippen molar-refractivity contribution in [1.82, 2.24) is 10.2 Å². The van der Waals surface area contributed by atoms with Gasteiger partial charge in [-0.2, -0.15) is 0 Å². The molecule has 1 aromatic rings. The van der Waals surface area contributed by atoms with E-state index in [1.807, 2.05) is 33.2 Å². The molecule has 1 atom stereocenters. The minimum absolute atomic E-state index is 0.0293. The van der Waals surface area contributed by atoms with E-state index in [0.29, 0.717) is 18.1 Å². The van der Waals surface area contributed by atoms with Gasteiger partial charge >= 0.3 is 0 Å². The maximum absolute atomic E-state index is 12.2. The van der Waals surface area contributed by atoms with Gasteiger partial charge in [0.05, 0.1) is 5.92 Å². The van der Waals surface area contributed by atoms with Crippen LogP contribution >= 0.6 is 11.6 Å². The lowest BCUT2D eigenvalue weighted by atomic mass is 10.1. The summed E-state index contributed by atoms with van der Waals surface area (Å²) >= 11 is 6.13. The van der Waals surface area contributed by atoms with E-state index in [-0.39, 0.29) is 24.2 Å². The highest BCUT2D eigenvalue weighted by molar-refractivity contribution is 6.31. The molecular weight excluding hydrogens is 314 g/mol. The van der Waals surface area contributed by atoms with E-state index in [9.17, 15) is 9.59 Å². The molecule has 1 heterocycles. The van der Waals surface area contributed by atoms with Gasteiger partial charge in [0.2, 0.25) is 11.8 Å². The molecule has 2 rings (SSSR count). The highest BCUT2D eigenvalue weighted by Crippen LogP contribution is 2.28. The van der Waals surface area contributed by atoms with E-state index < -0.39 is 0 Å². The van der Waals surface area contributed by atoms with E-state index in [0.717, 1.165) is 24.2 Å². The van der Waals surface area contributed by atoms with Gasteiger partial charge in [0, 0.05) is 30.2 Å². The number of hydrogen-bond donors (Lipinski definition) is 1. The monoisotopic (exact) mass is 337 g/mol. The third-order valence-electron chi connectivity index (χ3n) is 4.04. The number of rotatable bonds is 6. The summed E-state index contributed by atoms with van der Waals surface area (Å²) in [6.45, 7) is 3.90. The Morgan fingerprint density at radius 1 is 1.43 bits per heavy atom. The Morgan fingerprint density at radius 2 is 2.17 bits per heavy atom. The molecule has 0 saturated carbocycles. The summed E-state index contributed by atoms with van der Waals surface area (Å²) in [5.74, 6) is -0.363. The minimum Gasteiger partial charge on any atom is -0.356 e. The standard InChI is InChI=1S/C17H24ClN3O2/c1-12-5-6-14(10-15(12)18)21-11-13(9-16(21)22)17(23)19-7-4-8-20(2)3/h5-6,10,13H,4,7-9,11H2,1-3H3,(H,19,23)/t13-/m1/s1. The Bertz CT molecular complexity index is 589. The molecular formula is C17H24ClN3O2. The van der Waals surface area contributed by atoms with Crippen LogP contribution in [-0.2, 0) is 9.59 Å². The van der Waals surface area contributed by atoms with Crippen LogP contribution in [0.1, 0.15) is 18.4 Å². The molecule has 5 nitrogen and oxygen atoms in total. The highest BCUT2D eigenvalue weighted by Gasteiger charge is 2.35. The fourth-order valence-electron chi connectivity index (χ4n) is 2.63. The van der Waals surface area contributed by atoms with Crippen molar-refractivity contribution in [1.29, 1.82) is 0 Å². The van der Waals surface area contributed by atoms with Gasteiger partial charge in [-0.25, -0.2) is 0 Å². The smallest absolute Gasteiger partial charge is 0.227 e. The van der Waals surface area contributed by atoms with Crippen molar-refractivity contribution in [2.75, 3.05) is 38.6 Å². The van der Waals surface area contributed by atoms with Gasteiger partial charge in [-0.15, -0.1) is 0 Å². The average molecular weight is 338 g/mol. The first kappa shape index (κ1) is 17.8.